The summed E-state index contributed by atoms with van der Waals surface area (Å²) in [5.74, 6) is 0.434. The van der Waals surface area contributed by atoms with Crippen LogP contribution in [0.1, 0.15) is 34.5 Å². The summed E-state index contributed by atoms with van der Waals surface area (Å²) in [5.41, 5.74) is 2.04. The van der Waals surface area contributed by atoms with Crippen molar-refractivity contribution in [3.05, 3.63) is 59.5 Å². The molecule has 0 radical (unpaired) electrons. The van der Waals surface area contributed by atoms with Crippen molar-refractivity contribution in [2.24, 2.45) is 0 Å². The number of aryl methyl sites for hydroxylation is 1. The molecule has 1 atom stereocenters. The van der Waals surface area contributed by atoms with Crippen LogP contribution in [0.15, 0.2) is 47.1 Å². The van der Waals surface area contributed by atoms with E-state index in [9.17, 15) is 4.79 Å². The Morgan fingerprint density at radius 1 is 1.32 bits per heavy atom. The predicted octanol–water partition coefficient (Wildman–Crippen LogP) is 3.41. The van der Waals surface area contributed by atoms with E-state index in [0.29, 0.717) is 19.0 Å². The topological polar surface area (TPSA) is 42.7 Å². The molecule has 0 bridgehead atoms. The van der Waals surface area contributed by atoms with Crippen LogP contribution in [-0.2, 0) is 11.3 Å². The molecule has 4 heteroatoms. The Morgan fingerprint density at radius 2 is 2.14 bits per heavy atom. The third-order valence-corrected chi connectivity index (χ3v) is 4.12. The van der Waals surface area contributed by atoms with Crippen molar-refractivity contribution in [2.45, 2.75) is 32.4 Å². The molecule has 22 heavy (non-hydrogen) atoms. The molecule has 0 unspecified atom stereocenters. The number of carbonyl (C=O) groups excluding carboxylic acids is 1. The van der Waals surface area contributed by atoms with Crippen molar-refractivity contribution in [1.29, 1.82) is 0 Å². The molecule has 1 amide bonds. The van der Waals surface area contributed by atoms with E-state index in [4.69, 9.17) is 9.15 Å². The van der Waals surface area contributed by atoms with Crippen molar-refractivity contribution in [3.63, 3.8) is 0 Å². The smallest absolute Gasteiger partial charge is 0.290 e. The zero-order chi connectivity index (χ0) is 15.4. The first kappa shape index (κ1) is 14.9. The lowest BCUT2D eigenvalue weighted by molar-refractivity contribution is 0.0474. The van der Waals surface area contributed by atoms with Crippen molar-refractivity contribution >= 4 is 5.91 Å². The Morgan fingerprint density at radius 3 is 2.86 bits per heavy atom. The number of nitrogens with zero attached hydrogens (tertiary/aromatic N) is 1. The summed E-state index contributed by atoms with van der Waals surface area (Å²) in [6, 6.07) is 12.1. The normalized spacial score (nSPS) is 17.9. The Labute approximate surface area is 130 Å². The van der Waals surface area contributed by atoms with E-state index in [1.54, 1.807) is 6.26 Å². The minimum absolute atomic E-state index is 0.0201. The lowest BCUT2D eigenvalue weighted by Gasteiger charge is -2.24. The molecule has 4 nitrogen and oxygen atoms in total. The number of hydrogen-bond donors (Lipinski definition) is 0. The third kappa shape index (κ3) is 3.22. The predicted molar refractivity (Wildman–Crippen MR) is 83.6 cm³/mol. The van der Waals surface area contributed by atoms with Crippen LogP contribution in [0, 0.1) is 6.92 Å². The fourth-order valence-corrected chi connectivity index (χ4v) is 2.89. The van der Waals surface area contributed by atoms with Gasteiger partial charge in [-0.25, -0.2) is 0 Å². The number of hydrogen-bond acceptors (Lipinski definition) is 3. The molecule has 116 valence electrons. The zero-order valence-corrected chi connectivity index (χ0v) is 12.8. The fourth-order valence-electron chi connectivity index (χ4n) is 2.89. The molecule has 0 spiro atoms. The monoisotopic (exact) mass is 299 g/mol. The van der Waals surface area contributed by atoms with Gasteiger partial charge >= 0.3 is 0 Å². The highest BCUT2D eigenvalue weighted by molar-refractivity contribution is 5.93. The highest BCUT2D eigenvalue weighted by atomic mass is 16.5. The second-order valence-corrected chi connectivity index (χ2v) is 5.73. The van der Waals surface area contributed by atoms with Gasteiger partial charge in [0.2, 0.25) is 0 Å². The molecule has 1 aliphatic rings. The summed E-state index contributed by atoms with van der Waals surface area (Å²) in [7, 11) is 0. The highest BCUT2D eigenvalue weighted by Crippen LogP contribution is 2.22. The minimum Gasteiger partial charge on any atom is -0.459 e. The van der Waals surface area contributed by atoms with Gasteiger partial charge in [0.1, 0.15) is 0 Å². The molecule has 1 saturated heterocycles. The van der Waals surface area contributed by atoms with E-state index in [1.807, 2.05) is 48.2 Å². The van der Waals surface area contributed by atoms with Crippen molar-refractivity contribution < 1.29 is 13.9 Å². The SMILES string of the molecule is Cc1ccoc1C(=O)N1CCC[C@H]1COCc1ccccc1. The van der Waals surface area contributed by atoms with E-state index < -0.39 is 0 Å². The molecule has 2 aromatic rings. The van der Waals surface area contributed by atoms with Crippen molar-refractivity contribution in [1.82, 2.24) is 4.90 Å². The number of ether oxygens (including phenoxy) is 1. The standard InChI is InChI=1S/C18H21NO3/c1-14-9-11-22-17(14)18(20)19-10-5-8-16(19)13-21-12-15-6-3-2-4-7-15/h2-4,6-7,9,11,16H,5,8,10,12-13H2,1H3/t16-/m0/s1. The molecule has 2 heterocycles. The average molecular weight is 299 g/mol. The van der Waals surface area contributed by atoms with Gasteiger partial charge in [-0.2, -0.15) is 0 Å². The quantitative estimate of drug-likeness (QED) is 0.849. The van der Waals surface area contributed by atoms with Gasteiger partial charge in [-0.3, -0.25) is 4.79 Å². The summed E-state index contributed by atoms with van der Waals surface area (Å²) >= 11 is 0. The van der Waals surface area contributed by atoms with Gasteiger partial charge in [0, 0.05) is 12.1 Å². The van der Waals surface area contributed by atoms with E-state index in [-0.39, 0.29) is 11.9 Å². The highest BCUT2D eigenvalue weighted by Gasteiger charge is 2.31. The zero-order valence-electron chi connectivity index (χ0n) is 12.8. The van der Waals surface area contributed by atoms with E-state index in [1.165, 1.54) is 0 Å². The molecule has 1 fully saturated rings. The Balaban J connectivity index is 1.57. The second-order valence-electron chi connectivity index (χ2n) is 5.73. The molecule has 0 N–H and O–H groups in total. The maximum Gasteiger partial charge on any atom is 0.290 e. The number of amides is 1. The average Bonchev–Trinajstić information content (AvgIpc) is 3.17. The summed E-state index contributed by atoms with van der Waals surface area (Å²) in [5, 5.41) is 0. The molecule has 0 aliphatic carbocycles. The van der Waals surface area contributed by atoms with Gasteiger partial charge in [0.25, 0.3) is 5.91 Å². The third-order valence-electron chi connectivity index (χ3n) is 4.12. The number of carbonyl (C=O) groups is 1. The maximum atomic E-state index is 12.5. The Bertz CT molecular complexity index is 620. The van der Waals surface area contributed by atoms with Gasteiger partial charge < -0.3 is 14.1 Å². The minimum atomic E-state index is -0.0201. The first-order chi connectivity index (χ1) is 10.8. The first-order valence-electron chi connectivity index (χ1n) is 7.72. The van der Waals surface area contributed by atoms with Crippen LogP contribution >= 0.6 is 0 Å². The van der Waals surface area contributed by atoms with Crippen LogP contribution in [0.4, 0.5) is 0 Å². The van der Waals surface area contributed by atoms with Gasteiger partial charge in [0.05, 0.1) is 25.5 Å². The fraction of sp³-hybridized carbons (Fsp3) is 0.389. The molecule has 1 aliphatic heterocycles. The van der Waals surface area contributed by atoms with Crippen LogP contribution < -0.4 is 0 Å². The Hall–Kier alpha value is -2.07. The van der Waals surface area contributed by atoms with Crippen molar-refractivity contribution in [3.8, 4) is 0 Å². The summed E-state index contributed by atoms with van der Waals surface area (Å²) in [6.45, 7) is 3.82. The molecular weight excluding hydrogens is 278 g/mol. The number of furan rings is 1. The van der Waals surface area contributed by atoms with Crippen LogP contribution in [-0.4, -0.2) is 30.0 Å². The van der Waals surface area contributed by atoms with Crippen LogP contribution in [0.25, 0.3) is 0 Å². The van der Waals surface area contributed by atoms with E-state index in [2.05, 4.69) is 0 Å². The molecule has 1 aromatic heterocycles. The Kier molecular flexibility index (Phi) is 4.59. The molecule has 1 aromatic carbocycles. The van der Waals surface area contributed by atoms with Crippen LogP contribution in [0.3, 0.4) is 0 Å². The van der Waals surface area contributed by atoms with Crippen molar-refractivity contribution in [2.75, 3.05) is 13.2 Å². The van der Waals surface area contributed by atoms with Crippen LogP contribution in [0.5, 0.6) is 0 Å². The molecule has 3 rings (SSSR count). The number of likely N-dealkylation sites (tertiary alicyclic amines) is 1. The second kappa shape index (κ2) is 6.79. The molecular formula is C18H21NO3. The number of benzene rings is 1. The largest absolute Gasteiger partial charge is 0.459 e. The maximum absolute atomic E-state index is 12.5. The lowest BCUT2D eigenvalue weighted by atomic mass is 10.2. The van der Waals surface area contributed by atoms with Gasteiger partial charge in [-0.05, 0) is 31.4 Å². The van der Waals surface area contributed by atoms with Gasteiger partial charge in [0.15, 0.2) is 5.76 Å². The van der Waals surface area contributed by atoms with E-state index >= 15 is 0 Å². The first-order valence-corrected chi connectivity index (χ1v) is 7.72. The summed E-state index contributed by atoms with van der Waals surface area (Å²) < 4.78 is 11.1. The van der Waals surface area contributed by atoms with Gasteiger partial charge in [-0.1, -0.05) is 30.3 Å². The van der Waals surface area contributed by atoms with Crippen LogP contribution in [0.2, 0.25) is 0 Å². The summed E-state index contributed by atoms with van der Waals surface area (Å²) in [6.07, 6.45) is 3.57. The molecule has 0 saturated carbocycles. The van der Waals surface area contributed by atoms with E-state index in [0.717, 1.165) is 30.5 Å². The lowest BCUT2D eigenvalue weighted by Crippen LogP contribution is -2.38. The summed E-state index contributed by atoms with van der Waals surface area (Å²) in [4.78, 5) is 14.4. The van der Waals surface area contributed by atoms with Gasteiger partial charge in [-0.15, -0.1) is 0 Å². The number of rotatable bonds is 5.